The number of aromatic nitrogens is 2. The van der Waals surface area contributed by atoms with E-state index in [2.05, 4.69) is 16.8 Å². The lowest BCUT2D eigenvalue weighted by Crippen LogP contribution is -2.38. The molecule has 0 spiro atoms. The van der Waals surface area contributed by atoms with Gasteiger partial charge in [0.2, 0.25) is 0 Å². The van der Waals surface area contributed by atoms with E-state index in [1.54, 1.807) is 10.9 Å². The van der Waals surface area contributed by atoms with Crippen molar-refractivity contribution in [2.24, 2.45) is 0 Å². The molecule has 1 aromatic heterocycles. The van der Waals surface area contributed by atoms with Crippen LogP contribution in [0.15, 0.2) is 59.7 Å². The van der Waals surface area contributed by atoms with Gasteiger partial charge in [-0.3, -0.25) is 14.3 Å². The highest BCUT2D eigenvalue weighted by atomic mass is 19.1. The maximum absolute atomic E-state index is 13.1. The average Bonchev–Trinajstić information content (AvgIpc) is 2.69. The highest BCUT2D eigenvalue weighted by Crippen LogP contribution is 2.28. The normalized spacial score (nSPS) is 17.5. The molecule has 1 aliphatic rings. The largest absolute Gasteiger partial charge is 0.296 e. The molecule has 0 amide bonds. The third-order valence-electron chi connectivity index (χ3n) is 5.48. The lowest BCUT2D eigenvalue weighted by molar-refractivity contribution is 0.142. The van der Waals surface area contributed by atoms with Crippen molar-refractivity contribution in [1.82, 2.24) is 14.5 Å². The number of para-hydroxylation sites is 1. The zero-order valence-electron chi connectivity index (χ0n) is 14.8. The molecule has 2 heterocycles. The van der Waals surface area contributed by atoms with Gasteiger partial charge < -0.3 is 0 Å². The Morgan fingerprint density at radius 2 is 1.77 bits per heavy atom. The monoisotopic (exact) mass is 351 g/mol. The Balaban J connectivity index is 1.49. The second-order valence-electron chi connectivity index (χ2n) is 6.97. The van der Waals surface area contributed by atoms with Crippen LogP contribution in [0.3, 0.4) is 0 Å². The van der Waals surface area contributed by atoms with Crippen molar-refractivity contribution in [3.05, 3.63) is 76.6 Å². The third kappa shape index (κ3) is 3.15. The van der Waals surface area contributed by atoms with Crippen molar-refractivity contribution in [2.45, 2.75) is 31.8 Å². The number of fused-ring (bicyclic) bond motifs is 1. The molecule has 4 nitrogen and oxygen atoms in total. The van der Waals surface area contributed by atoms with Crippen molar-refractivity contribution < 1.29 is 4.39 Å². The van der Waals surface area contributed by atoms with E-state index in [0.717, 1.165) is 37.0 Å². The number of likely N-dealkylation sites (tertiary alicyclic amines) is 1. The van der Waals surface area contributed by atoms with Crippen molar-refractivity contribution >= 4 is 10.9 Å². The van der Waals surface area contributed by atoms with Crippen molar-refractivity contribution in [2.75, 3.05) is 13.1 Å². The number of nitrogens with zero attached hydrogens (tertiary/aromatic N) is 3. The molecule has 1 atom stereocenters. The molecule has 1 aliphatic heterocycles. The molecule has 5 heteroatoms. The number of hydrogen-bond donors (Lipinski definition) is 0. The van der Waals surface area contributed by atoms with Gasteiger partial charge in [-0.2, -0.15) is 0 Å². The summed E-state index contributed by atoms with van der Waals surface area (Å²) in [4.78, 5) is 19.6. The van der Waals surface area contributed by atoms with Gasteiger partial charge in [0.1, 0.15) is 5.82 Å². The Hall–Kier alpha value is -2.53. The highest BCUT2D eigenvalue weighted by Gasteiger charge is 2.25. The summed E-state index contributed by atoms with van der Waals surface area (Å²) in [5.74, 6) is -0.206. The van der Waals surface area contributed by atoms with Gasteiger partial charge in [0, 0.05) is 25.2 Å². The minimum absolute atomic E-state index is 0.0423. The number of hydrogen-bond acceptors (Lipinski definition) is 3. The second kappa shape index (κ2) is 7.00. The standard InChI is InChI=1S/C21H22FN3O/c1-15(16-6-8-17(22)9-7-16)24-12-10-18(11-13-24)25-14-23-20-5-3-2-4-19(20)21(25)26/h2-9,14-15,18H,10-13H2,1H3. The third-order valence-corrected chi connectivity index (χ3v) is 5.48. The minimum Gasteiger partial charge on any atom is -0.296 e. The van der Waals surface area contributed by atoms with Crippen LogP contribution < -0.4 is 5.56 Å². The van der Waals surface area contributed by atoms with E-state index in [1.807, 2.05) is 36.4 Å². The van der Waals surface area contributed by atoms with E-state index >= 15 is 0 Å². The van der Waals surface area contributed by atoms with Gasteiger partial charge in [-0.25, -0.2) is 9.37 Å². The van der Waals surface area contributed by atoms with E-state index in [4.69, 9.17) is 0 Å². The van der Waals surface area contributed by atoms with Gasteiger partial charge in [0.15, 0.2) is 0 Å². The zero-order valence-corrected chi connectivity index (χ0v) is 14.8. The van der Waals surface area contributed by atoms with Crippen LogP contribution >= 0.6 is 0 Å². The summed E-state index contributed by atoms with van der Waals surface area (Å²) >= 11 is 0. The molecule has 1 fully saturated rings. The highest BCUT2D eigenvalue weighted by molar-refractivity contribution is 5.76. The van der Waals surface area contributed by atoms with E-state index in [1.165, 1.54) is 12.1 Å². The Kier molecular flexibility index (Phi) is 4.55. The Morgan fingerprint density at radius 1 is 1.08 bits per heavy atom. The lowest BCUT2D eigenvalue weighted by atomic mass is 10.00. The molecule has 3 aromatic rings. The van der Waals surface area contributed by atoms with Crippen LogP contribution in [0, 0.1) is 5.82 Å². The van der Waals surface area contributed by atoms with Crippen LogP contribution in [0.5, 0.6) is 0 Å². The van der Waals surface area contributed by atoms with Crippen LogP contribution in [0.2, 0.25) is 0 Å². The molecule has 2 aromatic carbocycles. The number of rotatable bonds is 3. The van der Waals surface area contributed by atoms with Gasteiger partial charge in [-0.1, -0.05) is 24.3 Å². The van der Waals surface area contributed by atoms with E-state index < -0.39 is 0 Å². The van der Waals surface area contributed by atoms with Crippen LogP contribution in [-0.4, -0.2) is 27.5 Å². The molecule has 1 saturated heterocycles. The first kappa shape index (κ1) is 16.9. The van der Waals surface area contributed by atoms with Gasteiger partial charge in [0.05, 0.1) is 17.2 Å². The predicted molar refractivity (Wildman–Crippen MR) is 101 cm³/mol. The van der Waals surface area contributed by atoms with Gasteiger partial charge >= 0.3 is 0 Å². The topological polar surface area (TPSA) is 38.1 Å². The Labute approximate surface area is 151 Å². The average molecular weight is 351 g/mol. The molecule has 0 radical (unpaired) electrons. The smallest absolute Gasteiger partial charge is 0.261 e. The fraction of sp³-hybridized carbons (Fsp3) is 0.333. The maximum Gasteiger partial charge on any atom is 0.261 e. The molecule has 4 rings (SSSR count). The summed E-state index contributed by atoms with van der Waals surface area (Å²) in [6, 6.07) is 14.6. The molecular formula is C21H22FN3O. The van der Waals surface area contributed by atoms with E-state index in [-0.39, 0.29) is 23.5 Å². The summed E-state index contributed by atoms with van der Waals surface area (Å²) in [5.41, 5.74) is 1.91. The maximum atomic E-state index is 13.1. The molecule has 26 heavy (non-hydrogen) atoms. The minimum atomic E-state index is -0.206. The first-order chi connectivity index (χ1) is 12.6. The summed E-state index contributed by atoms with van der Waals surface area (Å²) < 4.78 is 14.9. The fourth-order valence-electron chi connectivity index (χ4n) is 3.85. The summed E-state index contributed by atoms with van der Waals surface area (Å²) in [5, 5.41) is 0.678. The quantitative estimate of drug-likeness (QED) is 0.717. The summed E-state index contributed by atoms with van der Waals surface area (Å²) in [6.07, 6.45) is 3.51. The number of halogens is 1. The molecular weight excluding hydrogens is 329 g/mol. The number of piperidine rings is 1. The van der Waals surface area contributed by atoms with Gasteiger partial charge in [0.25, 0.3) is 5.56 Å². The van der Waals surface area contributed by atoms with Crippen LogP contribution in [0.25, 0.3) is 10.9 Å². The van der Waals surface area contributed by atoms with E-state index in [9.17, 15) is 9.18 Å². The first-order valence-corrected chi connectivity index (χ1v) is 9.09. The Morgan fingerprint density at radius 3 is 2.50 bits per heavy atom. The fourth-order valence-corrected chi connectivity index (χ4v) is 3.85. The molecule has 0 aliphatic carbocycles. The predicted octanol–water partition coefficient (Wildman–Crippen LogP) is 3.93. The summed E-state index contributed by atoms with van der Waals surface area (Å²) in [7, 11) is 0. The first-order valence-electron chi connectivity index (χ1n) is 9.09. The Bertz CT molecular complexity index is 959. The molecule has 0 bridgehead atoms. The van der Waals surface area contributed by atoms with Crippen molar-refractivity contribution in [1.29, 1.82) is 0 Å². The second-order valence-corrected chi connectivity index (χ2v) is 6.97. The van der Waals surface area contributed by atoms with Gasteiger partial charge in [-0.05, 0) is 49.6 Å². The zero-order chi connectivity index (χ0) is 18.1. The number of benzene rings is 2. The van der Waals surface area contributed by atoms with Crippen molar-refractivity contribution in [3.8, 4) is 0 Å². The van der Waals surface area contributed by atoms with Crippen LogP contribution in [0.1, 0.15) is 37.4 Å². The van der Waals surface area contributed by atoms with Crippen LogP contribution in [-0.2, 0) is 0 Å². The lowest BCUT2D eigenvalue weighted by Gasteiger charge is -2.36. The molecule has 1 unspecified atom stereocenters. The molecule has 0 N–H and O–H groups in total. The van der Waals surface area contributed by atoms with Crippen molar-refractivity contribution in [3.63, 3.8) is 0 Å². The SMILES string of the molecule is CC(c1ccc(F)cc1)N1CCC(n2cnc3ccccc3c2=O)CC1. The van der Waals surface area contributed by atoms with Crippen LogP contribution in [0.4, 0.5) is 4.39 Å². The molecule has 0 saturated carbocycles. The molecule has 134 valence electrons. The van der Waals surface area contributed by atoms with E-state index in [0.29, 0.717) is 5.39 Å². The summed E-state index contributed by atoms with van der Waals surface area (Å²) in [6.45, 7) is 3.96. The van der Waals surface area contributed by atoms with Gasteiger partial charge in [-0.15, -0.1) is 0 Å².